The van der Waals surface area contributed by atoms with Crippen LogP contribution in [-0.4, -0.2) is 28.6 Å². The largest absolute Gasteiger partial charge is 0.483 e. The molecule has 1 aromatic heterocycles. The van der Waals surface area contributed by atoms with Crippen LogP contribution in [0.5, 0.6) is 5.75 Å². The number of ether oxygens (including phenoxy) is 1. The van der Waals surface area contributed by atoms with Crippen molar-refractivity contribution in [2.24, 2.45) is 0 Å². The van der Waals surface area contributed by atoms with Gasteiger partial charge >= 0.3 is 6.55 Å². The summed E-state index contributed by atoms with van der Waals surface area (Å²) >= 11 is 6.15. The smallest absolute Gasteiger partial charge is 0.319 e. The molecule has 8 heteroatoms. The number of alkyl halides is 2. The summed E-state index contributed by atoms with van der Waals surface area (Å²) in [7, 11) is 0. The van der Waals surface area contributed by atoms with E-state index >= 15 is 0 Å². The Bertz CT molecular complexity index is 763. The molecular formula is C18H22ClF2N3O2. The van der Waals surface area contributed by atoms with Gasteiger partial charge in [-0.15, -0.1) is 0 Å². The van der Waals surface area contributed by atoms with Crippen molar-refractivity contribution >= 4 is 17.5 Å². The van der Waals surface area contributed by atoms with E-state index in [1.54, 1.807) is 0 Å². The van der Waals surface area contributed by atoms with Crippen molar-refractivity contribution < 1.29 is 18.3 Å². The van der Waals surface area contributed by atoms with E-state index in [4.69, 9.17) is 16.3 Å². The lowest BCUT2D eigenvalue weighted by molar-refractivity contribution is -0.123. The average molecular weight is 386 g/mol. The van der Waals surface area contributed by atoms with Crippen molar-refractivity contribution in [3.05, 3.63) is 46.5 Å². The van der Waals surface area contributed by atoms with Crippen LogP contribution < -0.4 is 10.1 Å². The molecule has 0 fully saturated rings. The van der Waals surface area contributed by atoms with Crippen LogP contribution in [0.25, 0.3) is 0 Å². The normalized spacial score (nSPS) is 11.2. The second-order valence-corrected chi connectivity index (χ2v) is 6.62. The van der Waals surface area contributed by atoms with Gasteiger partial charge in [0.2, 0.25) is 0 Å². The molecule has 0 atom stereocenters. The second-order valence-electron chi connectivity index (χ2n) is 6.21. The third kappa shape index (κ3) is 5.17. The number of benzene rings is 1. The van der Waals surface area contributed by atoms with Gasteiger partial charge in [-0.3, -0.25) is 9.36 Å². The number of aromatic nitrogens is 2. The first-order chi connectivity index (χ1) is 12.3. The first-order valence-corrected chi connectivity index (χ1v) is 8.66. The number of imidazole rings is 1. The summed E-state index contributed by atoms with van der Waals surface area (Å²) in [6.45, 7) is 3.28. The van der Waals surface area contributed by atoms with Crippen LogP contribution >= 0.6 is 11.6 Å². The van der Waals surface area contributed by atoms with E-state index in [-0.39, 0.29) is 37.2 Å². The fourth-order valence-electron chi connectivity index (χ4n) is 2.47. The molecule has 0 aliphatic carbocycles. The Morgan fingerprint density at radius 3 is 2.77 bits per heavy atom. The predicted molar refractivity (Wildman–Crippen MR) is 96.0 cm³/mol. The minimum atomic E-state index is -2.64. The summed E-state index contributed by atoms with van der Waals surface area (Å²) in [5.74, 6) is 0.698. The Labute approximate surface area is 156 Å². The lowest BCUT2D eigenvalue weighted by atomic mass is 10.0. The number of halogens is 3. The maximum Gasteiger partial charge on any atom is 0.319 e. The molecule has 0 spiro atoms. The van der Waals surface area contributed by atoms with Crippen LogP contribution in [0.15, 0.2) is 24.5 Å². The number of nitrogens with one attached hydrogen (secondary N) is 1. The summed E-state index contributed by atoms with van der Waals surface area (Å²) in [6, 6.07) is 3.66. The highest BCUT2D eigenvalue weighted by Gasteiger charge is 2.14. The van der Waals surface area contributed by atoms with E-state index in [1.807, 2.05) is 32.9 Å². The lowest BCUT2D eigenvalue weighted by Crippen LogP contribution is -2.31. The van der Waals surface area contributed by atoms with Crippen LogP contribution in [-0.2, 0) is 11.2 Å². The SMILES string of the molecule is Cc1cc(OCC(=O)NCCc2nccn2C(F)F)c(C(C)C)cc1Cl. The van der Waals surface area contributed by atoms with Crippen LogP contribution in [0.1, 0.15) is 43.3 Å². The zero-order valence-corrected chi connectivity index (χ0v) is 15.7. The van der Waals surface area contributed by atoms with Gasteiger partial charge in [0, 0.05) is 30.4 Å². The summed E-state index contributed by atoms with van der Waals surface area (Å²) < 4.78 is 31.9. The third-order valence-corrected chi connectivity index (χ3v) is 4.31. The Morgan fingerprint density at radius 1 is 1.38 bits per heavy atom. The molecule has 5 nitrogen and oxygen atoms in total. The van der Waals surface area contributed by atoms with Gasteiger partial charge < -0.3 is 10.1 Å². The van der Waals surface area contributed by atoms with Gasteiger partial charge in [-0.1, -0.05) is 25.4 Å². The fraction of sp³-hybridized carbons (Fsp3) is 0.444. The minimum Gasteiger partial charge on any atom is -0.483 e. The molecule has 1 amide bonds. The number of carbonyl (C=O) groups excluding carboxylic acids is 1. The number of hydrogen-bond donors (Lipinski definition) is 1. The van der Waals surface area contributed by atoms with E-state index in [2.05, 4.69) is 10.3 Å². The standard InChI is InChI=1S/C18H22ClF2N3O2/c1-11(2)13-9-14(19)12(3)8-15(13)26-10-17(25)23-5-4-16-22-6-7-24(16)18(20)21/h6-9,11,18H,4-5,10H2,1-3H3,(H,23,25). The fourth-order valence-corrected chi connectivity index (χ4v) is 2.64. The molecule has 0 radical (unpaired) electrons. The first-order valence-electron chi connectivity index (χ1n) is 8.29. The molecule has 1 heterocycles. The summed E-state index contributed by atoms with van der Waals surface area (Å²) in [6.07, 6.45) is 2.73. The maximum atomic E-state index is 12.7. The number of nitrogens with zero attached hydrogens (tertiary/aromatic N) is 2. The highest BCUT2D eigenvalue weighted by molar-refractivity contribution is 6.31. The number of aryl methyl sites for hydroxylation is 1. The van der Waals surface area contributed by atoms with Gasteiger partial charge in [-0.25, -0.2) is 4.98 Å². The molecule has 0 saturated heterocycles. The Kier molecular flexibility index (Phi) is 6.97. The minimum absolute atomic E-state index is 0.163. The molecular weight excluding hydrogens is 364 g/mol. The van der Waals surface area contributed by atoms with E-state index < -0.39 is 6.55 Å². The van der Waals surface area contributed by atoms with Crippen LogP contribution in [0, 0.1) is 6.92 Å². The van der Waals surface area contributed by atoms with Crippen molar-refractivity contribution in [3.8, 4) is 5.75 Å². The van der Waals surface area contributed by atoms with Crippen LogP contribution in [0.2, 0.25) is 5.02 Å². The third-order valence-electron chi connectivity index (χ3n) is 3.90. The molecule has 1 aromatic carbocycles. The molecule has 142 valence electrons. The van der Waals surface area contributed by atoms with Crippen molar-refractivity contribution in [1.82, 2.24) is 14.9 Å². The van der Waals surface area contributed by atoms with Crippen molar-refractivity contribution in [1.29, 1.82) is 0 Å². The Balaban J connectivity index is 1.87. The van der Waals surface area contributed by atoms with E-state index in [1.165, 1.54) is 12.4 Å². The van der Waals surface area contributed by atoms with Crippen molar-refractivity contribution in [2.75, 3.05) is 13.2 Å². The van der Waals surface area contributed by atoms with Gasteiger partial charge in [-0.2, -0.15) is 8.78 Å². The highest BCUT2D eigenvalue weighted by Crippen LogP contribution is 2.31. The molecule has 26 heavy (non-hydrogen) atoms. The quantitative estimate of drug-likeness (QED) is 0.744. The molecule has 1 N–H and O–H groups in total. The van der Waals surface area contributed by atoms with Gasteiger partial charge in [0.25, 0.3) is 5.91 Å². The topological polar surface area (TPSA) is 56.1 Å². The van der Waals surface area contributed by atoms with Crippen LogP contribution in [0.3, 0.4) is 0 Å². The Morgan fingerprint density at radius 2 is 2.12 bits per heavy atom. The molecule has 0 aliphatic heterocycles. The predicted octanol–water partition coefficient (Wildman–Crippen LogP) is 4.10. The molecule has 2 aromatic rings. The van der Waals surface area contributed by atoms with Gasteiger partial charge in [0.05, 0.1) is 0 Å². The average Bonchev–Trinajstić information content (AvgIpc) is 3.04. The lowest BCUT2D eigenvalue weighted by Gasteiger charge is -2.16. The summed E-state index contributed by atoms with van der Waals surface area (Å²) in [5, 5.41) is 3.30. The molecule has 0 unspecified atom stereocenters. The molecule has 0 bridgehead atoms. The monoisotopic (exact) mass is 385 g/mol. The number of amides is 1. The van der Waals surface area contributed by atoms with Gasteiger partial charge in [0.1, 0.15) is 11.6 Å². The van der Waals surface area contributed by atoms with E-state index in [0.717, 1.165) is 15.7 Å². The molecule has 0 aliphatic rings. The van der Waals surface area contributed by atoms with Crippen molar-refractivity contribution in [2.45, 2.75) is 39.7 Å². The van der Waals surface area contributed by atoms with Gasteiger partial charge in [0.15, 0.2) is 6.61 Å². The number of carbonyl (C=O) groups is 1. The number of hydrogen-bond acceptors (Lipinski definition) is 3. The summed E-state index contributed by atoms with van der Waals surface area (Å²) in [5.41, 5.74) is 1.79. The zero-order chi connectivity index (χ0) is 19.3. The second kappa shape index (κ2) is 8.98. The Hall–Kier alpha value is -2.15. The number of rotatable bonds is 8. The van der Waals surface area contributed by atoms with E-state index in [0.29, 0.717) is 10.8 Å². The first kappa shape index (κ1) is 20.2. The van der Waals surface area contributed by atoms with Crippen molar-refractivity contribution in [3.63, 3.8) is 0 Å². The molecule has 0 saturated carbocycles. The van der Waals surface area contributed by atoms with Crippen LogP contribution in [0.4, 0.5) is 8.78 Å². The highest BCUT2D eigenvalue weighted by atomic mass is 35.5. The summed E-state index contributed by atoms with van der Waals surface area (Å²) in [4.78, 5) is 15.8. The maximum absolute atomic E-state index is 12.7. The van der Waals surface area contributed by atoms with Gasteiger partial charge in [-0.05, 0) is 36.1 Å². The zero-order valence-electron chi connectivity index (χ0n) is 14.9. The van der Waals surface area contributed by atoms with E-state index in [9.17, 15) is 13.6 Å². The molecule has 2 rings (SSSR count).